The van der Waals surface area contributed by atoms with Gasteiger partial charge in [-0.2, -0.15) is 5.26 Å². The Bertz CT molecular complexity index is 916. The van der Waals surface area contributed by atoms with Crippen LogP contribution in [0.4, 0.5) is 0 Å². The van der Waals surface area contributed by atoms with Gasteiger partial charge in [0.1, 0.15) is 0 Å². The van der Waals surface area contributed by atoms with Crippen molar-refractivity contribution in [1.82, 2.24) is 15.2 Å². The van der Waals surface area contributed by atoms with Crippen molar-refractivity contribution in [2.45, 2.75) is 39.0 Å². The molecule has 1 aromatic heterocycles. The molecule has 0 spiro atoms. The first kappa shape index (κ1) is 21.0. The molecule has 1 aliphatic heterocycles. The van der Waals surface area contributed by atoms with Crippen LogP contribution in [-0.4, -0.2) is 41.3 Å². The van der Waals surface area contributed by atoms with Crippen LogP contribution in [0.25, 0.3) is 0 Å². The molecule has 7 heteroatoms. The number of rotatable bonds is 6. The lowest BCUT2D eigenvalue weighted by atomic mass is 9.97. The van der Waals surface area contributed by atoms with E-state index in [1.807, 2.05) is 24.1 Å². The second-order valence-electron chi connectivity index (χ2n) is 7.66. The molecule has 2 amide bonds. The molecule has 0 unspecified atom stereocenters. The van der Waals surface area contributed by atoms with E-state index in [0.717, 1.165) is 30.1 Å². The summed E-state index contributed by atoms with van der Waals surface area (Å²) in [6.07, 6.45) is 2.66. The quantitative estimate of drug-likeness (QED) is 0.791. The highest BCUT2D eigenvalue weighted by atomic mass is 32.1. The number of hydrogen-bond acceptors (Lipinski definition) is 5. The van der Waals surface area contributed by atoms with Gasteiger partial charge in [-0.3, -0.25) is 9.59 Å². The van der Waals surface area contributed by atoms with Crippen molar-refractivity contribution in [3.63, 3.8) is 0 Å². The SMILES string of the molecule is CC(C)C(=O)NCCc1csc([C@@H]2CCCN(C(=O)c3cccc(C#N)c3)C2)n1. The summed E-state index contributed by atoms with van der Waals surface area (Å²) in [6.45, 7) is 5.72. The summed E-state index contributed by atoms with van der Waals surface area (Å²) in [7, 11) is 0. The predicted octanol–water partition coefficient (Wildman–Crippen LogP) is 3.35. The number of nitrogens with one attached hydrogen (secondary N) is 1. The molecular formula is C22H26N4O2S. The van der Waals surface area contributed by atoms with Crippen LogP contribution in [0, 0.1) is 17.2 Å². The summed E-state index contributed by atoms with van der Waals surface area (Å²) in [4.78, 5) is 31.2. The number of carbonyl (C=O) groups excluding carboxylic acids is 2. The average molecular weight is 411 g/mol. The maximum Gasteiger partial charge on any atom is 0.253 e. The van der Waals surface area contributed by atoms with Crippen LogP contribution >= 0.6 is 11.3 Å². The van der Waals surface area contributed by atoms with E-state index in [4.69, 9.17) is 10.2 Å². The Morgan fingerprint density at radius 2 is 2.24 bits per heavy atom. The molecule has 6 nitrogen and oxygen atoms in total. The number of likely N-dealkylation sites (tertiary alicyclic amines) is 1. The van der Waals surface area contributed by atoms with Crippen LogP contribution in [0.3, 0.4) is 0 Å². The zero-order valence-electron chi connectivity index (χ0n) is 16.9. The summed E-state index contributed by atoms with van der Waals surface area (Å²) in [5.74, 6) is 0.249. The van der Waals surface area contributed by atoms with Gasteiger partial charge in [0.25, 0.3) is 5.91 Å². The molecule has 1 N–H and O–H groups in total. The Morgan fingerprint density at radius 1 is 1.41 bits per heavy atom. The Balaban J connectivity index is 1.59. The topological polar surface area (TPSA) is 86.1 Å². The molecule has 0 bridgehead atoms. The molecule has 1 saturated heterocycles. The molecular weight excluding hydrogens is 384 g/mol. The fraction of sp³-hybridized carbons (Fsp3) is 0.455. The highest BCUT2D eigenvalue weighted by Crippen LogP contribution is 2.30. The van der Waals surface area contributed by atoms with Gasteiger partial charge in [0.05, 0.1) is 22.3 Å². The van der Waals surface area contributed by atoms with Crippen molar-refractivity contribution >= 4 is 23.2 Å². The van der Waals surface area contributed by atoms with E-state index in [-0.39, 0.29) is 23.7 Å². The maximum absolute atomic E-state index is 12.9. The van der Waals surface area contributed by atoms with Crippen molar-refractivity contribution in [2.75, 3.05) is 19.6 Å². The second kappa shape index (κ2) is 9.66. The summed E-state index contributed by atoms with van der Waals surface area (Å²) in [5.41, 5.74) is 2.04. The first-order valence-corrected chi connectivity index (χ1v) is 10.9. The molecule has 2 heterocycles. The van der Waals surface area contributed by atoms with Crippen LogP contribution in [0.15, 0.2) is 29.6 Å². The Hall–Kier alpha value is -2.72. The second-order valence-corrected chi connectivity index (χ2v) is 8.55. The van der Waals surface area contributed by atoms with Gasteiger partial charge in [-0.25, -0.2) is 4.98 Å². The molecule has 1 aromatic carbocycles. The summed E-state index contributed by atoms with van der Waals surface area (Å²) in [6, 6.07) is 8.96. The molecule has 152 valence electrons. The molecule has 0 saturated carbocycles. The van der Waals surface area contributed by atoms with Crippen molar-refractivity contribution in [3.8, 4) is 6.07 Å². The highest BCUT2D eigenvalue weighted by molar-refractivity contribution is 7.09. The van der Waals surface area contributed by atoms with Gasteiger partial charge < -0.3 is 10.2 Å². The minimum atomic E-state index is -0.0278. The van der Waals surface area contributed by atoms with Gasteiger partial charge in [-0.1, -0.05) is 19.9 Å². The van der Waals surface area contributed by atoms with Crippen molar-refractivity contribution < 1.29 is 9.59 Å². The van der Waals surface area contributed by atoms with Gasteiger partial charge in [-0.15, -0.1) is 11.3 Å². The number of aromatic nitrogens is 1. The maximum atomic E-state index is 12.9. The minimum absolute atomic E-state index is 0.0133. The van der Waals surface area contributed by atoms with Gasteiger partial charge in [-0.05, 0) is 31.0 Å². The first-order valence-electron chi connectivity index (χ1n) is 9.99. The fourth-order valence-corrected chi connectivity index (χ4v) is 4.39. The minimum Gasteiger partial charge on any atom is -0.355 e. The summed E-state index contributed by atoms with van der Waals surface area (Å²) < 4.78 is 0. The number of nitriles is 1. The number of nitrogens with zero attached hydrogens (tertiary/aromatic N) is 3. The normalized spacial score (nSPS) is 16.5. The average Bonchev–Trinajstić information content (AvgIpc) is 3.22. The van der Waals surface area contributed by atoms with E-state index in [0.29, 0.717) is 30.6 Å². The molecule has 1 fully saturated rings. The molecule has 3 rings (SSSR count). The Labute approximate surface area is 175 Å². The fourth-order valence-electron chi connectivity index (χ4n) is 3.41. The highest BCUT2D eigenvalue weighted by Gasteiger charge is 2.27. The smallest absolute Gasteiger partial charge is 0.253 e. The van der Waals surface area contributed by atoms with E-state index in [9.17, 15) is 9.59 Å². The van der Waals surface area contributed by atoms with Crippen LogP contribution in [0.5, 0.6) is 0 Å². The number of piperidine rings is 1. The van der Waals surface area contributed by atoms with E-state index in [2.05, 4.69) is 11.4 Å². The van der Waals surface area contributed by atoms with E-state index < -0.39 is 0 Å². The van der Waals surface area contributed by atoms with Crippen LogP contribution < -0.4 is 5.32 Å². The summed E-state index contributed by atoms with van der Waals surface area (Å²) in [5, 5.41) is 15.1. The number of thiazole rings is 1. The monoisotopic (exact) mass is 410 g/mol. The standard InChI is InChI=1S/C22H26N4O2S/c1-15(2)20(27)24-9-8-19-14-29-21(25-19)18-7-4-10-26(13-18)22(28)17-6-3-5-16(11-17)12-23/h3,5-6,11,14-15,18H,4,7-10,13H2,1-2H3,(H,24,27)/t18-/m1/s1. The Kier molecular flexibility index (Phi) is 6.99. The number of amides is 2. The van der Waals surface area contributed by atoms with E-state index in [1.54, 1.807) is 35.6 Å². The first-order chi connectivity index (χ1) is 14.0. The number of carbonyl (C=O) groups is 2. The van der Waals surface area contributed by atoms with Crippen molar-refractivity contribution in [3.05, 3.63) is 51.5 Å². The zero-order chi connectivity index (χ0) is 20.8. The zero-order valence-corrected chi connectivity index (χ0v) is 17.7. The van der Waals surface area contributed by atoms with Gasteiger partial charge in [0.15, 0.2) is 0 Å². The molecule has 1 atom stereocenters. The van der Waals surface area contributed by atoms with Gasteiger partial charge in [0.2, 0.25) is 5.91 Å². The third kappa shape index (κ3) is 5.42. The number of benzene rings is 1. The largest absolute Gasteiger partial charge is 0.355 e. The predicted molar refractivity (Wildman–Crippen MR) is 113 cm³/mol. The van der Waals surface area contributed by atoms with E-state index >= 15 is 0 Å². The van der Waals surface area contributed by atoms with Crippen LogP contribution in [0.2, 0.25) is 0 Å². The van der Waals surface area contributed by atoms with E-state index in [1.165, 1.54) is 0 Å². The summed E-state index contributed by atoms with van der Waals surface area (Å²) >= 11 is 1.63. The van der Waals surface area contributed by atoms with Crippen LogP contribution in [-0.2, 0) is 11.2 Å². The lowest BCUT2D eigenvalue weighted by molar-refractivity contribution is -0.123. The molecule has 0 radical (unpaired) electrons. The third-order valence-corrected chi connectivity index (χ3v) is 6.13. The van der Waals surface area contributed by atoms with Crippen molar-refractivity contribution in [2.24, 2.45) is 5.92 Å². The Morgan fingerprint density at radius 3 is 3.00 bits per heavy atom. The molecule has 2 aromatic rings. The molecule has 0 aliphatic carbocycles. The molecule has 1 aliphatic rings. The van der Waals surface area contributed by atoms with Crippen LogP contribution in [0.1, 0.15) is 59.2 Å². The van der Waals surface area contributed by atoms with Gasteiger partial charge >= 0.3 is 0 Å². The lowest BCUT2D eigenvalue weighted by Crippen LogP contribution is -2.39. The lowest BCUT2D eigenvalue weighted by Gasteiger charge is -2.32. The van der Waals surface area contributed by atoms with Gasteiger partial charge in [0, 0.05) is 48.8 Å². The molecule has 29 heavy (non-hydrogen) atoms. The third-order valence-electron chi connectivity index (χ3n) is 5.07. The number of hydrogen-bond donors (Lipinski definition) is 1. The van der Waals surface area contributed by atoms with Crippen molar-refractivity contribution in [1.29, 1.82) is 5.26 Å².